The molecule has 0 fully saturated rings. The monoisotopic (exact) mass is 246 g/mol. The lowest BCUT2D eigenvalue weighted by molar-refractivity contribution is 1.76. The van der Waals surface area contributed by atoms with E-state index in [1.54, 1.807) is 0 Å². The highest BCUT2D eigenvalue weighted by molar-refractivity contribution is 6.38. The van der Waals surface area contributed by atoms with Crippen LogP contribution in [0.25, 0.3) is 21.5 Å². The second-order valence-electron chi connectivity index (χ2n) is 3.77. The van der Waals surface area contributed by atoms with Crippen LogP contribution in [-0.2, 0) is 0 Å². The van der Waals surface area contributed by atoms with Gasteiger partial charge in [-0.05, 0) is 34.4 Å². The molecule has 0 saturated carbocycles. The predicted molar refractivity (Wildman–Crippen MR) is 71.5 cm³/mol. The molecule has 0 spiro atoms. The summed E-state index contributed by atoms with van der Waals surface area (Å²) < 4.78 is 0. The third kappa shape index (κ3) is 1.46. The molecule has 0 saturated heterocycles. The summed E-state index contributed by atoms with van der Waals surface area (Å²) >= 11 is 12.2. The molecule has 3 aromatic rings. The first-order chi connectivity index (χ1) is 7.75. The van der Waals surface area contributed by atoms with E-state index < -0.39 is 0 Å². The minimum absolute atomic E-state index is 0.713. The van der Waals surface area contributed by atoms with Crippen LogP contribution in [0.1, 0.15) is 0 Å². The molecular weight excluding hydrogens is 239 g/mol. The lowest BCUT2D eigenvalue weighted by atomic mass is 10.0. The minimum atomic E-state index is 0.713. The van der Waals surface area contributed by atoms with Crippen molar-refractivity contribution in [2.45, 2.75) is 0 Å². The molecule has 0 aliphatic heterocycles. The van der Waals surface area contributed by atoms with Gasteiger partial charge in [0.15, 0.2) is 0 Å². The third-order valence-electron chi connectivity index (χ3n) is 2.77. The molecule has 0 unspecified atom stereocenters. The third-order valence-corrected chi connectivity index (χ3v) is 3.32. The zero-order chi connectivity index (χ0) is 11.1. The van der Waals surface area contributed by atoms with E-state index in [9.17, 15) is 0 Å². The van der Waals surface area contributed by atoms with Gasteiger partial charge in [-0.2, -0.15) is 0 Å². The van der Waals surface area contributed by atoms with Crippen LogP contribution in [0.15, 0.2) is 48.5 Å². The van der Waals surface area contributed by atoms with Gasteiger partial charge in [0.1, 0.15) is 0 Å². The molecule has 0 heterocycles. The molecule has 0 N–H and O–H groups in total. The van der Waals surface area contributed by atoms with E-state index in [-0.39, 0.29) is 0 Å². The summed E-state index contributed by atoms with van der Waals surface area (Å²) in [4.78, 5) is 0. The highest BCUT2D eigenvalue weighted by atomic mass is 35.5. The topological polar surface area (TPSA) is 0 Å². The highest BCUT2D eigenvalue weighted by Gasteiger charge is 2.04. The van der Waals surface area contributed by atoms with Gasteiger partial charge in [-0.25, -0.2) is 0 Å². The summed E-state index contributed by atoms with van der Waals surface area (Å²) in [5, 5.41) is 5.97. The number of halogens is 2. The Kier molecular flexibility index (Phi) is 2.27. The Morgan fingerprint density at radius 1 is 0.688 bits per heavy atom. The molecule has 0 nitrogen and oxygen atoms in total. The SMILES string of the molecule is Clc1ccc2c(c1)c(Cl)cc1ccccc12. The summed E-state index contributed by atoms with van der Waals surface area (Å²) in [6.07, 6.45) is 0. The van der Waals surface area contributed by atoms with Gasteiger partial charge in [-0.1, -0.05) is 53.5 Å². The van der Waals surface area contributed by atoms with E-state index in [0.29, 0.717) is 5.02 Å². The number of hydrogen-bond donors (Lipinski definition) is 0. The average molecular weight is 247 g/mol. The van der Waals surface area contributed by atoms with Crippen molar-refractivity contribution in [1.29, 1.82) is 0 Å². The van der Waals surface area contributed by atoms with Gasteiger partial charge in [0.25, 0.3) is 0 Å². The smallest absolute Gasteiger partial charge is 0.0491 e. The summed E-state index contributed by atoms with van der Waals surface area (Å²) in [5.74, 6) is 0. The average Bonchev–Trinajstić information content (AvgIpc) is 2.29. The van der Waals surface area contributed by atoms with Crippen LogP contribution in [0, 0.1) is 0 Å². The summed E-state index contributed by atoms with van der Waals surface area (Å²) in [6.45, 7) is 0. The van der Waals surface area contributed by atoms with Crippen molar-refractivity contribution in [3.05, 3.63) is 58.6 Å². The Balaban J connectivity index is 2.59. The van der Waals surface area contributed by atoms with Crippen LogP contribution in [0.5, 0.6) is 0 Å². The maximum absolute atomic E-state index is 6.25. The molecule has 0 aromatic heterocycles. The van der Waals surface area contributed by atoms with Crippen LogP contribution >= 0.6 is 23.2 Å². The second kappa shape index (κ2) is 3.65. The first-order valence-electron chi connectivity index (χ1n) is 5.02. The second-order valence-corrected chi connectivity index (χ2v) is 4.61. The fourth-order valence-electron chi connectivity index (χ4n) is 2.03. The molecule has 16 heavy (non-hydrogen) atoms. The van der Waals surface area contributed by atoms with Gasteiger partial charge in [0.2, 0.25) is 0 Å². The zero-order valence-electron chi connectivity index (χ0n) is 8.37. The van der Waals surface area contributed by atoms with Crippen LogP contribution < -0.4 is 0 Å². The van der Waals surface area contributed by atoms with Crippen molar-refractivity contribution < 1.29 is 0 Å². The van der Waals surface area contributed by atoms with E-state index in [1.807, 2.05) is 36.4 Å². The molecule has 0 aliphatic carbocycles. The number of fused-ring (bicyclic) bond motifs is 3. The minimum Gasteiger partial charge on any atom is -0.0843 e. The van der Waals surface area contributed by atoms with Crippen LogP contribution in [0.4, 0.5) is 0 Å². The van der Waals surface area contributed by atoms with Gasteiger partial charge in [0.05, 0.1) is 0 Å². The molecule has 0 atom stereocenters. The van der Waals surface area contributed by atoms with Gasteiger partial charge < -0.3 is 0 Å². The van der Waals surface area contributed by atoms with Gasteiger partial charge >= 0.3 is 0 Å². The molecule has 0 bridgehead atoms. The number of rotatable bonds is 0. The van der Waals surface area contributed by atoms with Crippen LogP contribution in [0.3, 0.4) is 0 Å². The molecule has 0 radical (unpaired) electrons. The standard InChI is InChI=1S/C14H8Cl2/c15-10-5-6-12-11-4-2-1-3-9(11)7-14(16)13(12)8-10/h1-8H. The molecule has 0 aliphatic rings. The van der Waals surface area contributed by atoms with Gasteiger partial charge in [0, 0.05) is 15.4 Å². The Morgan fingerprint density at radius 3 is 2.38 bits per heavy atom. The Labute approximate surface area is 103 Å². The summed E-state index contributed by atoms with van der Waals surface area (Å²) in [7, 11) is 0. The zero-order valence-corrected chi connectivity index (χ0v) is 9.89. The predicted octanol–water partition coefficient (Wildman–Crippen LogP) is 5.30. The van der Waals surface area contributed by atoms with Crippen LogP contribution in [-0.4, -0.2) is 0 Å². The lowest BCUT2D eigenvalue weighted by Crippen LogP contribution is -1.79. The van der Waals surface area contributed by atoms with E-state index in [4.69, 9.17) is 23.2 Å². The Morgan fingerprint density at radius 2 is 1.50 bits per heavy atom. The van der Waals surface area contributed by atoms with Crippen molar-refractivity contribution in [3.8, 4) is 0 Å². The van der Waals surface area contributed by atoms with E-state index in [2.05, 4.69) is 12.1 Å². The van der Waals surface area contributed by atoms with Gasteiger partial charge in [-0.3, -0.25) is 0 Å². The molecule has 3 aromatic carbocycles. The van der Waals surface area contributed by atoms with Crippen molar-refractivity contribution >= 4 is 44.7 Å². The van der Waals surface area contributed by atoms with Crippen molar-refractivity contribution in [3.63, 3.8) is 0 Å². The van der Waals surface area contributed by atoms with Crippen molar-refractivity contribution in [2.24, 2.45) is 0 Å². The Bertz CT molecular complexity index is 687. The summed E-state index contributed by atoms with van der Waals surface area (Å²) in [6, 6.07) is 16.0. The lowest BCUT2D eigenvalue weighted by Gasteiger charge is -2.06. The van der Waals surface area contributed by atoms with Gasteiger partial charge in [-0.15, -0.1) is 0 Å². The first kappa shape index (κ1) is 9.95. The quantitative estimate of drug-likeness (QED) is 0.473. The van der Waals surface area contributed by atoms with E-state index >= 15 is 0 Å². The first-order valence-corrected chi connectivity index (χ1v) is 5.78. The summed E-state index contributed by atoms with van der Waals surface area (Å²) in [5.41, 5.74) is 0. The van der Waals surface area contributed by atoms with Crippen molar-refractivity contribution in [2.75, 3.05) is 0 Å². The number of benzene rings is 3. The Hall–Kier alpha value is -1.24. The maximum atomic E-state index is 6.25. The van der Waals surface area contributed by atoms with Crippen molar-refractivity contribution in [1.82, 2.24) is 0 Å². The molecule has 2 heteroatoms. The fourth-order valence-corrected chi connectivity index (χ4v) is 2.48. The highest BCUT2D eigenvalue weighted by Crippen LogP contribution is 2.33. The molecule has 3 rings (SSSR count). The molecule has 0 amide bonds. The number of hydrogen-bond acceptors (Lipinski definition) is 0. The van der Waals surface area contributed by atoms with Crippen LogP contribution in [0.2, 0.25) is 10.0 Å². The molecule has 78 valence electrons. The normalized spacial score (nSPS) is 11.1. The van der Waals surface area contributed by atoms with E-state index in [1.165, 1.54) is 5.39 Å². The fraction of sp³-hybridized carbons (Fsp3) is 0. The maximum Gasteiger partial charge on any atom is 0.0491 e. The van der Waals surface area contributed by atoms with E-state index in [0.717, 1.165) is 21.2 Å². The molecular formula is C14H8Cl2. The largest absolute Gasteiger partial charge is 0.0843 e.